The van der Waals surface area contributed by atoms with Gasteiger partial charge in [0.25, 0.3) is 0 Å². The molecule has 2 aromatic heterocycles. The summed E-state index contributed by atoms with van der Waals surface area (Å²) in [6, 6.07) is 0. The Labute approximate surface area is 185 Å². The van der Waals surface area contributed by atoms with E-state index in [9.17, 15) is 13.2 Å². The summed E-state index contributed by atoms with van der Waals surface area (Å²) in [5, 5.41) is 4.81. The van der Waals surface area contributed by atoms with Gasteiger partial charge in [-0.25, -0.2) is 9.97 Å². The number of hydrogen-bond donors (Lipinski definition) is 3. The van der Waals surface area contributed by atoms with Crippen molar-refractivity contribution < 1.29 is 17.9 Å². The SMILES string of the molecule is Nc1nc2c(s1)NCC(C1=CCC3OCCN(c4ncc(C(F)(F)F)c(N)n4)CC3=C1)=C2. The summed E-state index contributed by atoms with van der Waals surface area (Å²) in [6.07, 6.45) is 2.96. The fraction of sp³-hybridized carbons (Fsp3) is 0.350. The largest absolute Gasteiger partial charge is 0.421 e. The fourth-order valence-corrected chi connectivity index (χ4v) is 4.67. The molecule has 2 aliphatic heterocycles. The van der Waals surface area contributed by atoms with E-state index >= 15 is 0 Å². The molecule has 5 N–H and O–H groups in total. The van der Waals surface area contributed by atoms with Gasteiger partial charge in [0, 0.05) is 25.8 Å². The Morgan fingerprint density at radius 1 is 1.22 bits per heavy atom. The van der Waals surface area contributed by atoms with Gasteiger partial charge in [0.2, 0.25) is 5.95 Å². The average Bonchev–Trinajstić information content (AvgIpc) is 2.98. The van der Waals surface area contributed by atoms with Crippen LogP contribution in [0.1, 0.15) is 17.7 Å². The minimum Gasteiger partial charge on any atom is -0.383 e. The van der Waals surface area contributed by atoms with E-state index < -0.39 is 17.6 Å². The summed E-state index contributed by atoms with van der Waals surface area (Å²) in [5.41, 5.74) is 14.3. The molecule has 12 heteroatoms. The molecule has 168 valence electrons. The van der Waals surface area contributed by atoms with E-state index in [-0.39, 0.29) is 12.1 Å². The number of anilines is 4. The molecule has 2 aromatic rings. The number of aromatic nitrogens is 3. The number of nitrogens with one attached hydrogen (secondary N) is 1. The molecule has 4 heterocycles. The lowest BCUT2D eigenvalue weighted by Crippen LogP contribution is -2.30. The van der Waals surface area contributed by atoms with Crippen molar-refractivity contribution in [1.29, 1.82) is 0 Å². The maximum atomic E-state index is 13.0. The number of thiazole rings is 1. The molecule has 0 saturated carbocycles. The van der Waals surface area contributed by atoms with Gasteiger partial charge in [0.1, 0.15) is 22.1 Å². The quantitative estimate of drug-likeness (QED) is 0.623. The Kier molecular flexibility index (Phi) is 5.05. The highest BCUT2D eigenvalue weighted by Crippen LogP contribution is 2.36. The molecule has 1 aliphatic carbocycles. The van der Waals surface area contributed by atoms with Crippen molar-refractivity contribution in [2.24, 2.45) is 0 Å². The summed E-state index contributed by atoms with van der Waals surface area (Å²) >= 11 is 1.42. The average molecular weight is 463 g/mol. The first-order chi connectivity index (χ1) is 15.3. The van der Waals surface area contributed by atoms with Crippen LogP contribution in [0.4, 0.5) is 35.1 Å². The first kappa shape index (κ1) is 20.8. The number of allylic oxidation sites excluding steroid dienone is 1. The van der Waals surface area contributed by atoms with Crippen molar-refractivity contribution in [3.63, 3.8) is 0 Å². The van der Waals surface area contributed by atoms with Gasteiger partial charge in [0.05, 0.1) is 12.7 Å². The van der Waals surface area contributed by atoms with Gasteiger partial charge in [-0.15, -0.1) is 0 Å². The highest BCUT2D eigenvalue weighted by Gasteiger charge is 2.35. The topological polar surface area (TPSA) is 115 Å². The first-order valence-corrected chi connectivity index (χ1v) is 10.8. The van der Waals surface area contributed by atoms with E-state index in [1.54, 1.807) is 4.90 Å². The second kappa shape index (κ2) is 7.78. The molecule has 1 unspecified atom stereocenters. The van der Waals surface area contributed by atoms with Crippen molar-refractivity contribution >= 4 is 39.3 Å². The Bertz CT molecular complexity index is 1150. The van der Waals surface area contributed by atoms with Crippen LogP contribution in [0.5, 0.6) is 0 Å². The number of nitrogens with zero attached hydrogens (tertiary/aromatic N) is 4. The summed E-state index contributed by atoms with van der Waals surface area (Å²) in [6.45, 7) is 1.93. The van der Waals surface area contributed by atoms with Crippen LogP contribution >= 0.6 is 11.3 Å². The van der Waals surface area contributed by atoms with Crippen molar-refractivity contribution in [2.45, 2.75) is 18.7 Å². The predicted octanol–water partition coefficient (Wildman–Crippen LogP) is 3.09. The van der Waals surface area contributed by atoms with Crippen LogP contribution in [0.3, 0.4) is 0 Å². The van der Waals surface area contributed by atoms with Crippen molar-refractivity contribution in [2.75, 3.05) is 47.9 Å². The van der Waals surface area contributed by atoms with Crippen LogP contribution in [-0.2, 0) is 10.9 Å². The lowest BCUT2D eigenvalue weighted by molar-refractivity contribution is -0.137. The van der Waals surface area contributed by atoms with E-state index in [0.29, 0.717) is 37.8 Å². The van der Waals surface area contributed by atoms with Crippen molar-refractivity contribution in [3.05, 3.63) is 46.3 Å². The van der Waals surface area contributed by atoms with E-state index in [1.165, 1.54) is 11.3 Å². The molecule has 0 spiro atoms. The second-order valence-electron chi connectivity index (χ2n) is 7.65. The molecule has 0 radical (unpaired) electrons. The van der Waals surface area contributed by atoms with E-state index in [1.807, 2.05) is 6.08 Å². The van der Waals surface area contributed by atoms with Crippen LogP contribution in [0.25, 0.3) is 6.08 Å². The smallest absolute Gasteiger partial charge is 0.383 e. The van der Waals surface area contributed by atoms with Gasteiger partial charge < -0.3 is 26.4 Å². The molecule has 1 saturated heterocycles. The van der Waals surface area contributed by atoms with Crippen LogP contribution in [-0.4, -0.2) is 47.3 Å². The number of fused-ring (bicyclic) bond motifs is 2. The summed E-state index contributed by atoms with van der Waals surface area (Å²) in [4.78, 5) is 14.0. The van der Waals surface area contributed by atoms with Gasteiger partial charge >= 0.3 is 6.18 Å². The van der Waals surface area contributed by atoms with Gasteiger partial charge in [-0.05, 0) is 29.2 Å². The Hall–Kier alpha value is -3.12. The molecule has 1 fully saturated rings. The number of ether oxygens (including phenoxy) is 1. The lowest BCUT2D eigenvalue weighted by Gasteiger charge is -2.26. The molecular formula is C20H20F3N7OS. The normalized spacial score (nSPS) is 20.9. The third-order valence-corrected chi connectivity index (χ3v) is 6.40. The minimum atomic E-state index is -4.59. The predicted molar refractivity (Wildman–Crippen MR) is 117 cm³/mol. The molecule has 1 atom stereocenters. The zero-order chi connectivity index (χ0) is 22.5. The monoisotopic (exact) mass is 463 g/mol. The summed E-state index contributed by atoms with van der Waals surface area (Å²) in [7, 11) is 0. The first-order valence-electron chi connectivity index (χ1n) is 9.96. The van der Waals surface area contributed by atoms with Crippen molar-refractivity contribution in [1.82, 2.24) is 15.0 Å². The van der Waals surface area contributed by atoms with Gasteiger partial charge in [-0.2, -0.15) is 18.2 Å². The highest BCUT2D eigenvalue weighted by atomic mass is 32.1. The zero-order valence-electron chi connectivity index (χ0n) is 16.8. The molecule has 8 nitrogen and oxygen atoms in total. The van der Waals surface area contributed by atoms with E-state index in [0.717, 1.165) is 33.6 Å². The van der Waals surface area contributed by atoms with Crippen LogP contribution in [0.2, 0.25) is 0 Å². The summed E-state index contributed by atoms with van der Waals surface area (Å²) < 4.78 is 45.0. The Morgan fingerprint density at radius 3 is 2.84 bits per heavy atom. The Balaban J connectivity index is 1.40. The molecule has 32 heavy (non-hydrogen) atoms. The molecule has 0 aromatic carbocycles. The molecule has 0 bridgehead atoms. The summed E-state index contributed by atoms with van der Waals surface area (Å²) in [5.74, 6) is -0.433. The highest BCUT2D eigenvalue weighted by molar-refractivity contribution is 7.19. The number of alkyl halides is 3. The van der Waals surface area contributed by atoms with Crippen LogP contribution < -0.4 is 21.7 Å². The molecule has 3 aliphatic rings. The second-order valence-corrected chi connectivity index (χ2v) is 8.68. The lowest BCUT2D eigenvalue weighted by atomic mass is 9.91. The van der Waals surface area contributed by atoms with E-state index in [4.69, 9.17) is 16.2 Å². The number of halogens is 3. The maximum Gasteiger partial charge on any atom is 0.421 e. The number of nitrogens with two attached hydrogens (primary N) is 2. The van der Waals surface area contributed by atoms with Crippen LogP contribution in [0, 0.1) is 0 Å². The Morgan fingerprint density at radius 2 is 2.06 bits per heavy atom. The van der Waals surface area contributed by atoms with Crippen molar-refractivity contribution in [3.8, 4) is 0 Å². The maximum absolute atomic E-state index is 13.0. The number of rotatable bonds is 2. The standard InChI is InChI=1S/C20H20F3N7OS/c21-20(22,23)13-8-27-19(29-16(13)24)30-3-4-31-15-2-1-10(5-12(15)9-30)11-6-14-17(26-7-11)32-18(25)28-14/h1,5-6,8,15,26H,2-4,7,9H2,(H2,25,28)(H2,24,27,29). The molecule has 5 rings (SSSR count). The number of hydrogen-bond acceptors (Lipinski definition) is 9. The van der Waals surface area contributed by atoms with Gasteiger partial charge in [-0.1, -0.05) is 23.5 Å². The third kappa shape index (κ3) is 3.91. The van der Waals surface area contributed by atoms with Crippen LogP contribution in [0.15, 0.2) is 35.1 Å². The minimum absolute atomic E-state index is 0.0989. The van der Waals surface area contributed by atoms with Gasteiger partial charge in [-0.3, -0.25) is 0 Å². The number of nitrogen functional groups attached to an aromatic ring is 2. The van der Waals surface area contributed by atoms with E-state index in [2.05, 4.69) is 32.4 Å². The van der Waals surface area contributed by atoms with Gasteiger partial charge in [0.15, 0.2) is 5.13 Å². The zero-order valence-corrected chi connectivity index (χ0v) is 17.6. The third-order valence-electron chi connectivity index (χ3n) is 5.54. The molecule has 0 amide bonds. The fourth-order valence-electron chi connectivity index (χ4n) is 3.97. The molecular weight excluding hydrogens is 443 g/mol.